The molecule has 2 aromatic rings. The van der Waals surface area contributed by atoms with Crippen LogP contribution in [-0.2, 0) is 18.6 Å². The second-order valence-electron chi connectivity index (χ2n) is 11.7. The summed E-state index contributed by atoms with van der Waals surface area (Å²) in [5.74, 6) is -0.361. The highest BCUT2D eigenvalue weighted by Crippen LogP contribution is 2.44. The zero-order valence-corrected chi connectivity index (χ0v) is 27.5. The standard InChI is InChI=1S/C35H51N2O7P/c1-2-3-4-5-6-7-8-9-10-11-12-13-14-15-24-34(38)37-28(26-44-45(40,41)42)25-36-35(39)43-27-33-31-22-18-16-20-29(31)30-21-17-19-23-32(30)33/h9-10,16-23,28,33H,2-8,11-15,24-27H2,1H3,(H,36,39)(H,37,38)(H2,40,41,42)/b10-9-/t28-/m1/s1. The van der Waals surface area contributed by atoms with Crippen LogP contribution in [0.2, 0.25) is 0 Å². The van der Waals surface area contributed by atoms with Crippen LogP contribution in [0, 0.1) is 0 Å². The van der Waals surface area contributed by atoms with Crippen LogP contribution >= 0.6 is 7.82 Å². The molecule has 45 heavy (non-hydrogen) atoms. The van der Waals surface area contributed by atoms with Gasteiger partial charge in [0.25, 0.3) is 0 Å². The first-order valence-corrected chi connectivity index (χ1v) is 18.0. The SMILES string of the molecule is CCCCCCCC/C=C\CCCCCCC(=O)N[C@H](CNC(=O)OCC1c2ccccc2-c2ccccc21)COP(=O)(O)O. The lowest BCUT2D eigenvalue weighted by atomic mass is 9.98. The number of benzene rings is 2. The van der Waals surface area contributed by atoms with Gasteiger partial charge in [-0.2, -0.15) is 0 Å². The van der Waals surface area contributed by atoms with Crippen molar-refractivity contribution in [2.45, 2.75) is 102 Å². The largest absolute Gasteiger partial charge is 0.469 e. The summed E-state index contributed by atoms with van der Waals surface area (Å²) in [4.78, 5) is 43.4. The van der Waals surface area contributed by atoms with E-state index in [-0.39, 0.29) is 31.4 Å². The number of carbonyl (C=O) groups is 2. The normalized spacial score (nSPS) is 13.4. The third kappa shape index (κ3) is 13.9. The molecule has 10 heteroatoms. The van der Waals surface area contributed by atoms with Crippen molar-refractivity contribution in [2.24, 2.45) is 0 Å². The molecule has 4 N–H and O–H groups in total. The van der Waals surface area contributed by atoms with Gasteiger partial charge in [0, 0.05) is 18.9 Å². The molecule has 0 aliphatic heterocycles. The molecule has 0 fully saturated rings. The molecule has 0 aromatic heterocycles. The highest BCUT2D eigenvalue weighted by molar-refractivity contribution is 7.46. The van der Waals surface area contributed by atoms with Crippen molar-refractivity contribution in [3.63, 3.8) is 0 Å². The maximum atomic E-state index is 12.6. The molecule has 2 aromatic carbocycles. The number of rotatable bonds is 22. The summed E-state index contributed by atoms with van der Waals surface area (Å²) < 4.78 is 21.4. The number of nitrogens with one attached hydrogen (secondary N) is 2. The lowest BCUT2D eigenvalue weighted by Crippen LogP contribution is -2.46. The van der Waals surface area contributed by atoms with E-state index in [9.17, 15) is 14.2 Å². The molecule has 0 heterocycles. The Morgan fingerprint density at radius 2 is 1.40 bits per heavy atom. The Hall–Kier alpha value is -2.97. The molecule has 0 saturated carbocycles. The van der Waals surface area contributed by atoms with Gasteiger partial charge in [-0.25, -0.2) is 9.36 Å². The molecule has 0 spiro atoms. The Balaban J connectivity index is 1.34. The zero-order valence-electron chi connectivity index (χ0n) is 26.6. The lowest BCUT2D eigenvalue weighted by Gasteiger charge is -2.20. The number of hydrogen-bond donors (Lipinski definition) is 4. The Morgan fingerprint density at radius 1 is 0.844 bits per heavy atom. The van der Waals surface area contributed by atoms with E-state index in [1.54, 1.807) is 0 Å². The fourth-order valence-electron chi connectivity index (χ4n) is 5.67. The van der Waals surface area contributed by atoms with Gasteiger partial charge in [0.05, 0.1) is 12.6 Å². The van der Waals surface area contributed by atoms with E-state index in [0.29, 0.717) is 6.42 Å². The molecule has 248 valence electrons. The quantitative estimate of drug-likeness (QED) is 0.0586. The maximum absolute atomic E-state index is 12.6. The summed E-state index contributed by atoms with van der Waals surface area (Å²) in [6.45, 7) is 1.81. The van der Waals surface area contributed by atoms with Crippen LogP contribution < -0.4 is 10.6 Å². The molecule has 2 amide bonds. The highest BCUT2D eigenvalue weighted by Gasteiger charge is 2.29. The van der Waals surface area contributed by atoms with Gasteiger partial charge in [0.15, 0.2) is 0 Å². The van der Waals surface area contributed by atoms with Crippen LogP contribution in [0.3, 0.4) is 0 Å². The van der Waals surface area contributed by atoms with Crippen LogP contribution in [0.5, 0.6) is 0 Å². The number of ether oxygens (including phenoxy) is 1. The number of hydrogen-bond acceptors (Lipinski definition) is 5. The van der Waals surface area contributed by atoms with Crippen molar-refractivity contribution in [3.05, 3.63) is 71.8 Å². The van der Waals surface area contributed by atoms with E-state index in [0.717, 1.165) is 54.4 Å². The Morgan fingerprint density at radius 3 is 2.00 bits per heavy atom. The number of fused-ring (bicyclic) bond motifs is 3. The zero-order chi connectivity index (χ0) is 32.3. The fraction of sp³-hybridized carbons (Fsp3) is 0.543. The van der Waals surface area contributed by atoms with Crippen LogP contribution in [0.25, 0.3) is 11.1 Å². The van der Waals surface area contributed by atoms with Gasteiger partial charge in [0.2, 0.25) is 5.91 Å². The predicted molar refractivity (Wildman–Crippen MR) is 178 cm³/mol. The van der Waals surface area contributed by atoms with E-state index in [2.05, 4.69) is 46.4 Å². The monoisotopic (exact) mass is 642 g/mol. The molecule has 1 aliphatic carbocycles. The van der Waals surface area contributed by atoms with Gasteiger partial charge in [-0.15, -0.1) is 0 Å². The van der Waals surface area contributed by atoms with Crippen molar-refractivity contribution in [1.82, 2.24) is 10.6 Å². The van der Waals surface area contributed by atoms with Gasteiger partial charge in [0.1, 0.15) is 6.61 Å². The number of alkyl carbamates (subject to hydrolysis) is 1. The lowest BCUT2D eigenvalue weighted by molar-refractivity contribution is -0.122. The minimum atomic E-state index is -4.75. The maximum Gasteiger partial charge on any atom is 0.469 e. The average molecular weight is 643 g/mol. The van der Waals surface area contributed by atoms with Crippen LogP contribution in [0.1, 0.15) is 107 Å². The summed E-state index contributed by atoms with van der Waals surface area (Å²) in [6.07, 6.45) is 17.9. The molecule has 9 nitrogen and oxygen atoms in total. The number of phosphoric acid groups is 1. The van der Waals surface area contributed by atoms with Crippen molar-refractivity contribution in [3.8, 4) is 11.1 Å². The second kappa shape index (κ2) is 20.2. The summed E-state index contributed by atoms with van der Waals surface area (Å²) in [7, 11) is -4.75. The van der Waals surface area contributed by atoms with Crippen molar-refractivity contribution >= 4 is 19.8 Å². The minimum Gasteiger partial charge on any atom is -0.449 e. The molecular weight excluding hydrogens is 591 g/mol. The molecule has 0 saturated heterocycles. The van der Waals surface area contributed by atoms with Crippen molar-refractivity contribution < 1.29 is 33.2 Å². The van der Waals surface area contributed by atoms with Crippen LogP contribution in [0.15, 0.2) is 60.7 Å². The number of carbonyl (C=O) groups excluding carboxylic acids is 2. The average Bonchev–Trinajstić information content (AvgIpc) is 3.34. The molecule has 0 radical (unpaired) electrons. The second-order valence-corrected chi connectivity index (χ2v) is 13.0. The first-order chi connectivity index (χ1) is 21.8. The Kier molecular flexibility index (Phi) is 16.4. The third-order valence-electron chi connectivity index (χ3n) is 8.06. The van der Waals surface area contributed by atoms with E-state index in [4.69, 9.17) is 14.5 Å². The molecular formula is C35H51N2O7P. The molecule has 0 unspecified atom stereocenters. The molecule has 1 aliphatic rings. The number of phosphoric ester groups is 1. The summed E-state index contributed by atoms with van der Waals surface area (Å²) >= 11 is 0. The Bertz CT molecular complexity index is 1220. The summed E-state index contributed by atoms with van der Waals surface area (Å²) in [5.41, 5.74) is 4.42. The molecule has 3 rings (SSSR count). The van der Waals surface area contributed by atoms with E-state index in [1.807, 2.05) is 36.4 Å². The van der Waals surface area contributed by atoms with Crippen LogP contribution in [-0.4, -0.2) is 47.6 Å². The van der Waals surface area contributed by atoms with Crippen molar-refractivity contribution in [2.75, 3.05) is 19.8 Å². The van der Waals surface area contributed by atoms with E-state index >= 15 is 0 Å². The van der Waals surface area contributed by atoms with Gasteiger partial charge in [-0.1, -0.05) is 113 Å². The molecule has 1 atom stereocenters. The topological polar surface area (TPSA) is 134 Å². The highest BCUT2D eigenvalue weighted by atomic mass is 31.2. The van der Waals surface area contributed by atoms with Gasteiger partial charge in [-0.3, -0.25) is 9.32 Å². The number of allylic oxidation sites excluding steroid dienone is 2. The summed E-state index contributed by atoms with van der Waals surface area (Å²) in [6, 6.07) is 15.2. The number of amides is 2. The first-order valence-electron chi connectivity index (χ1n) is 16.5. The van der Waals surface area contributed by atoms with Crippen molar-refractivity contribution in [1.29, 1.82) is 0 Å². The Labute approximate surface area is 268 Å². The van der Waals surface area contributed by atoms with Gasteiger partial charge < -0.3 is 25.2 Å². The van der Waals surface area contributed by atoms with E-state index < -0.39 is 26.6 Å². The van der Waals surface area contributed by atoms with E-state index in [1.165, 1.54) is 38.5 Å². The molecule has 0 bridgehead atoms. The van der Waals surface area contributed by atoms with Gasteiger partial charge >= 0.3 is 13.9 Å². The smallest absolute Gasteiger partial charge is 0.449 e. The van der Waals surface area contributed by atoms with Gasteiger partial charge in [-0.05, 0) is 54.4 Å². The predicted octanol–water partition coefficient (Wildman–Crippen LogP) is 7.77. The number of unbranched alkanes of at least 4 members (excludes halogenated alkanes) is 10. The fourth-order valence-corrected chi connectivity index (χ4v) is 6.05. The van der Waals surface area contributed by atoms with Crippen LogP contribution in [0.4, 0.5) is 4.79 Å². The minimum absolute atomic E-state index is 0.0993. The summed E-state index contributed by atoms with van der Waals surface area (Å²) in [5, 5.41) is 5.33. The third-order valence-corrected chi connectivity index (χ3v) is 8.55. The first kappa shape index (κ1) is 36.5.